The molecule has 1 aliphatic rings. The number of rotatable bonds is 6. The Hall–Kier alpha value is -3.76. The third kappa shape index (κ3) is 5.50. The second-order valence-corrected chi connectivity index (χ2v) is 10.0. The highest BCUT2D eigenvalue weighted by Crippen LogP contribution is 2.32. The Morgan fingerprint density at radius 1 is 1.09 bits per heavy atom. The summed E-state index contributed by atoms with van der Waals surface area (Å²) in [4.78, 5) is 21.6. The molecule has 10 heteroatoms. The van der Waals surface area contributed by atoms with E-state index < -0.39 is 15.9 Å². The smallest absolute Gasteiger partial charge is 0.281 e. The Bertz CT molecular complexity index is 1410. The largest absolute Gasteiger partial charge is 0.438 e. The molecule has 0 spiro atoms. The predicted molar refractivity (Wildman–Crippen MR) is 134 cm³/mol. The van der Waals surface area contributed by atoms with Crippen LogP contribution in [0.3, 0.4) is 0 Å². The zero-order valence-electron chi connectivity index (χ0n) is 19.8. The number of hydrogen-bond acceptors (Lipinski definition) is 8. The number of carbonyl (C=O) groups is 1. The van der Waals surface area contributed by atoms with Gasteiger partial charge in [0.05, 0.1) is 5.69 Å². The lowest BCUT2D eigenvalue weighted by Gasteiger charge is -2.18. The highest BCUT2D eigenvalue weighted by molar-refractivity contribution is 7.90. The van der Waals surface area contributed by atoms with Gasteiger partial charge in [0, 0.05) is 6.54 Å². The van der Waals surface area contributed by atoms with Gasteiger partial charge >= 0.3 is 0 Å². The van der Waals surface area contributed by atoms with E-state index in [1.54, 1.807) is 6.07 Å². The molecule has 182 valence electrons. The van der Waals surface area contributed by atoms with Gasteiger partial charge in [-0.1, -0.05) is 29.8 Å². The predicted octanol–water partition coefficient (Wildman–Crippen LogP) is 3.27. The van der Waals surface area contributed by atoms with Crippen LogP contribution in [0.1, 0.15) is 39.2 Å². The Balaban J connectivity index is 1.74. The van der Waals surface area contributed by atoms with Crippen LogP contribution in [0, 0.1) is 20.8 Å². The molecule has 3 aromatic rings. The van der Waals surface area contributed by atoms with Crippen molar-refractivity contribution < 1.29 is 17.9 Å². The first kappa shape index (κ1) is 24.4. The van der Waals surface area contributed by atoms with Crippen molar-refractivity contribution in [3.8, 4) is 11.6 Å². The number of aryl methyl sites for hydroxylation is 3. The molecule has 9 nitrogen and oxygen atoms in total. The molecule has 4 N–H and O–H groups in total. The number of carbonyl (C=O) groups excluding carboxylic acids is 1. The molecule has 2 aromatic heterocycles. The minimum Gasteiger partial charge on any atom is -0.438 e. The van der Waals surface area contributed by atoms with E-state index in [0.717, 1.165) is 41.8 Å². The molecular formula is C25H27N5O4S. The summed E-state index contributed by atoms with van der Waals surface area (Å²) >= 11 is 0. The Morgan fingerprint density at radius 3 is 2.49 bits per heavy atom. The molecule has 0 fully saturated rings. The minimum absolute atomic E-state index is 0.0184. The third-order valence-corrected chi connectivity index (χ3v) is 6.78. The van der Waals surface area contributed by atoms with Crippen LogP contribution >= 0.6 is 0 Å². The first-order chi connectivity index (χ1) is 16.6. The minimum atomic E-state index is -4.27. The number of anilines is 1. The summed E-state index contributed by atoms with van der Waals surface area (Å²) in [6, 6.07) is 11.3. The number of ether oxygens (including phenoxy) is 1. The molecule has 0 saturated heterocycles. The van der Waals surface area contributed by atoms with E-state index in [4.69, 9.17) is 10.5 Å². The quantitative estimate of drug-likeness (QED) is 0.476. The third-order valence-electron chi connectivity index (χ3n) is 5.55. The molecule has 1 amide bonds. The van der Waals surface area contributed by atoms with Gasteiger partial charge in [-0.15, -0.1) is 0 Å². The van der Waals surface area contributed by atoms with Crippen molar-refractivity contribution in [2.45, 2.75) is 32.2 Å². The summed E-state index contributed by atoms with van der Waals surface area (Å²) in [6.07, 6.45) is 2.81. The SMILES string of the molecule is Cc1cc(C)c(Oc2nc(C3=CCNCC3)ccc2C(=O)NS(=O)(=O)c2cccc(N)n2)c(C)c1. The number of amides is 1. The van der Waals surface area contributed by atoms with Gasteiger partial charge in [-0.3, -0.25) is 4.79 Å². The lowest BCUT2D eigenvalue weighted by atomic mass is 10.0. The average molecular weight is 494 g/mol. The van der Waals surface area contributed by atoms with Crippen molar-refractivity contribution >= 4 is 27.3 Å². The summed E-state index contributed by atoms with van der Waals surface area (Å²) in [5.74, 6) is -0.278. The first-order valence-electron chi connectivity index (χ1n) is 11.1. The number of aromatic nitrogens is 2. The summed E-state index contributed by atoms with van der Waals surface area (Å²) in [5.41, 5.74) is 10.1. The van der Waals surface area contributed by atoms with Gasteiger partial charge in [-0.05, 0) is 74.7 Å². The average Bonchev–Trinajstić information content (AvgIpc) is 2.81. The van der Waals surface area contributed by atoms with Crippen LogP contribution in [-0.4, -0.2) is 37.4 Å². The van der Waals surface area contributed by atoms with Crippen LogP contribution in [0.2, 0.25) is 0 Å². The van der Waals surface area contributed by atoms with Crippen molar-refractivity contribution in [2.24, 2.45) is 0 Å². The molecule has 0 aliphatic carbocycles. The van der Waals surface area contributed by atoms with Crippen molar-refractivity contribution in [2.75, 3.05) is 18.8 Å². The fourth-order valence-corrected chi connectivity index (χ4v) is 4.90. The molecular weight excluding hydrogens is 466 g/mol. The number of nitrogens with two attached hydrogens (primary N) is 1. The number of sulfonamides is 1. The molecule has 0 radical (unpaired) electrons. The molecule has 1 aliphatic heterocycles. The van der Waals surface area contributed by atoms with Gasteiger partial charge in [0.1, 0.15) is 17.1 Å². The molecule has 4 rings (SSSR count). The van der Waals surface area contributed by atoms with E-state index in [1.807, 2.05) is 39.0 Å². The molecule has 1 aromatic carbocycles. The van der Waals surface area contributed by atoms with Gasteiger partial charge in [0.2, 0.25) is 5.88 Å². The number of hydrogen-bond donors (Lipinski definition) is 3. The van der Waals surface area contributed by atoms with Crippen LogP contribution < -0.4 is 20.5 Å². The maximum Gasteiger partial charge on any atom is 0.281 e. The van der Waals surface area contributed by atoms with Crippen molar-refractivity contribution in [1.82, 2.24) is 20.0 Å². The van der Waals surface area contributed by atoms with Gasteiger partial charge in [0.15, 0.2) is 5.03 Å². The first-order valence-corrected chi connectivity index (χ1v) is 12.6. The van der Waals surface area contributed by atoms with Gasteiger partial charge in [0.25, 0.3) is 15.9 Å². The van der Waals surface area contributed by atoms with Crippen LogP contribution in [0.15, 0.2) is 53.6 Å². The summed E-state index contributed by atoms with van der Waals surface area (Å²) in [5, 5.41) is 2.89. The van der Waals surface area contributed by atoms with E-state index in [1.165, 1.54) is 24.3 Å². The lowest BCUT2D eigenvalue weighted by Crippen LogP contribution is -2.31. The monoisotopic (exact) mass is 493 g/mol. The Labute approximate surface area is 204 Å². The van der Waals surface area contributed by atoms with Crippen LogP contribution in [0.4, 0.5) is 5.82 Å². The fraction of sp³-hybridized carbons (Fsp3) is 0.240. The fourth-order valence-electron chi connectivity index (χ4n) is 3.96. The maximum atomic E-state index is 13.1. The molecule has 0 bridgehead atoms. The summed E-state index contributed by atoms with van der Waals surface area (Å²) in [7, 11) is -4.27. The highest BCUT2D eigenvalue weighted by Gasteiger charge is 2.25. The maximum absolute atomic E-state index is 13.1. The summed E-state index contributed by atoms with van der Waals surface area (Å²) < 4.78 is 33.8. The van der Waals surface area contributed by atoms with Crippen molar-refractivity contribution in [1.29, 1.82) is 0 Å². The molecule has 0 unspecified atom stereocenters. The van der Waals surface area contributed by atoms with Crippen LogP contribution in [0.25, 0.3) is 5.57 Å². The normalized spacial score (nSPS) is 13.7. The van der Waals surface area contributed by atoms with Gasteiger partial charge < -0.3 is 15.8 Å². The zero-order valence-corrected chi connectivity index (χ0v) is 20.6. The second kappa shape index (κ2) is 9.85. The van der Waals surface area contributed by atoms with E-state index in [9.17, 15) is 13.2 Å². The molecule has 3 heterocycles. The van der Waals surface area contributed by atoms with Crippen LogP contribution in [0.5, 0.6) is 11.6 Å². The van der Waals surface area contributed by atoms with E-state index in [2.05, 4.69) is 20.0 Å². The van der Waals surface area contributed by atoms with Gasteiger partial charge in [-0.25, -0.2) is 14.7 Å². The number of nitrogen functional groups attached to an aromatic ring is 1. The van der Waals surface area contributed by atoms with E-state index in [0.29, 0.717) is 11.4 Å². The summed E-state index contributed by atoms with van der Waals surface area (Å²) in [6.45, 7) is 7.33. The Kier molecular flexibility index (Phi) is 6.86. The Morgan fingerprint density at radius 2 is 1.83 bits per heavy atom. The zero-order chi connectivity index (χ0) is 25.2. The van der Waals surface area contributed by atoms with Gasteiger partial charge in [-0.2, -0.15) is 8.42 Å². The molecule has 0 saturated carbocycles. The lowest BCUT2D eigenvalue weighted by molar-refractivity contribution is 0.0978. The van der Waals surface area contributed by atoms with E-state index in [-0.39, 0.29) is 22.3 Å². The van der Waals surface area contributed by atoms with E-state index >= 15 is 0 Å². The van der Waals surface area contributed by atoms with Crippen molar-refractivity contribution in [3.63, 3.8) is 0 Å². The number of benzene rings is 1. The number of pyridine rings is 2. The topological polar surface area (TPSA) is 136 Å². The van der Waals surface area contributed by atoms with Crippen LogP contribution in [-0.2, 0) is 10.0 Å². The second-order valence-electron chi connectivity index (χ2n) is 8.40. The number of nitrogens with one attached hydrogen (secondary N) is 2. The highest BCUT2D eigenvalue weighted by atomic mass is 32.2. The molecule has 35 heavy (non-hydrogen) atoms. The number of nitrogens with zero attached hydrogens (tertiary/aromatic N) is 2. The standard InChI is InChI=1S/C25H27N5O4S/c1-15-13-16(2)23(17(3)14-15)34-25-19(7-8-20(28-25)18-9-11-27-12-10-18)24(31)30-35(32,33)22-6-4-5-21(26)29-22/h4-9,13-14,27H,10-12H2,1-3H3,(H2,26,29)(H,30,31). The van der Waals surface area contributed by atoms with Crippen molar-refractivity contribution in [3.05, 3.63) is 76.5 Å². The molecule has 0 atom stereocenters.